The van der Waals surface area contributed by atoms with E-state index in [2.05, 4.69) is 0 Å². The van der Waals surface area contributed by atoms with Crippen molar-refractivity contribution in [2.75, 3.05) is 5.75 Å². The third kappa shape index (κ3) is 3.11. The topological polar surface area (TPSA) is 108 Å². The molecule has 0 spiro atoms. The molecule has 0 saturated heterocycles. The summed E-state index contributed by atoms with van der Waals surface area (Å²) in [6.07, 6.45) is 0. The van der Waals surface area contributed by atoms with Gasteiger partial charge in [0.25, 0.3) is 0 Å². The molecule has 0 saturated carbocycles. The first-order valence-corrected chi connectivity index (χ1v) is 5.66. The van der Waals surface area contributed by atoms with Crippen LogP contribution in [0.25, 0.3) is 0 Å². The van der Waals surface area contributed by atoms with Crippen molar-refractivity contribution in [3.63, 3.8) is 0 Å². The zero-order valence-corrected chi connectivity index (χ0v) is 8.32. The number of sulfone groups is 1. The molecule has 0 amide bonds. The molecule has 7 heteroatoms. The quantitative estimate of drug-likeness (QED) is 0.801. The number of hydrogen-bond acceptors (Lipinski definition) is 5. The molecule has 0 aliphatic rings. The van der Waals surface area contributed by atoms with Crippen LogP contribution in [-0.4, -0.2) is 25.2 Å². The fourth-order valence-electron chi connectivity index (χ4n) is 0.937. The van der Waals surface area contributed by atoms with Gasteiger partial charge >= 0.3 is 5.97 Å². The lowest BCUT2D eigenvalue weighted by Crippen LogP contribution is -2.07. The first-order chi connectivity index (χ1) is 6.94. The van der Waals surface area contributed by atoms with Gasteiger partial charge in [-0.05, 0) is 12.1 Å². The maximum atomic E-state index is 11.1. The fraction of sp³-hybridized carbons (Fsp3) is 0.250. The number of nitriles is 1. The highest BCUT2D eigenvalue weighted by molar-refractivity contribution is 7.90. The summed E-state index contributed by atoms with van der Waals surface area (Å²) in [7, 11) is -3.54. The summed E-state index contributed by atoms with van der Waals surface area (Å²) in [5, 5.41) is 16.7. The summed E-state index contributed by atoms with van der Waals surface area (Å²) < 4.78 is 27.0. The minimum atomic E-state index is -3.54. The molecule has 0 fully saturated rings. The van der Waals surface area contributed by atoms with Gasteiger partial charge in [-0.1, -0.05) is 0 Å². The minimum absolute atomic E-state index is 0.0163. The van der Waals surface area contributed by atoms with E-state index in [1.165, 1.54) is 18.2 Å². The monoisotopic (exact) mass is 229 g/mol. The maximum Gasteiger partial charge on any atom is 0.371 e. The van der Waals surface area contributed by atoms with E-state index in [4.69, 9.17) is 14.8 Å². The lowest BCUT2D eigenvalue weighted by atomic mass is 10.4. The van der Waals surface area contributed by atoms with Crippen LogP contribution in [0.15, 0.2) is 16.5 Å². The number of aromatic carboxylic acids is 1. The molecule has 1 aromatic heterocycles. The molecule has 1 aromatic rings. The third-order valence-corrected chi connectivity index (χ3v) is 2.81. The number of nitrogens with zero attached hydrogens (tertiary/aromatic N) is 1. The van der Waals surface area contributed by atoms with Crippen LogP contribution in [0.3, 0.4) is 0 Å². The Bertz CT molecular complexity index is 507. The average Bonchev–Trinajstić information content (AvgIpc) is 2.51. The highest BCUT2D eigenvalue weighted by Crippen LogP contribution is 2.11. The van der Waals surface area contributed by atoms with Crippen molar-refractivity contribution >= 4 is 15.8 Å². The van der Waals surface area contributed by atoms with E-state index in [9.17, 15) is 13.2 Å². The Morgan fingerprint density at radius 2 is 2.20 bits per heavy atom. The van der Waals surface area contributed by atoms with Crippen molar-refractivity contribution in [2.24, 2.45) is 0 Å². The van der Waals surface area contributed by atoms with Gasteiger partial charge in [-0.25, -0.2) is 13.2 Å². The summed E-state index contributed by atoms with van der Waals surface area (Å²) in [5.41, 5.74) is 0. The zero-order valence-electron chi connectivity index (χ0n) is 7.50. The van der Waals surface area contributed by atoms with E-state index in [0.717, 1.165) is 0 Å². The minimum Gasteiger partial charge on any atom is -0.475 e. The average molecular weight is 229 g/mol. The highest BCUT2D eigenvalue weighted by atomic mass is 32.2. The maximum absolute atomic E-state index is 11.1. The molecular formula is C8H7NO5S. The van der Waals surface area contributed by atoms with Crippen LogP contribution in [0.1, 0.15) is 16.3 Å². The Kier molecular flexibility index (Phi) is 3.11. The Labute approximate surface area is 85.7 Å². The van der Waals surface area contributed by atoms with Crippen LogP contribution in [-0.2, 0) is 15.6 Å². The van der Waals surface area contributed by atoms with Crippen molar-refractivity contribution < 1.29 is 22.7 Å². The van der Waals surface area contributed by atoms with Gasteiger partial charge in [-0.3, -0.25) is 0 Å². The van der Waals surface area contributed by atoms with Crippen molar-refractivity contribution in [3.8, 4) is 6.07 Å². The van der Waals surface area contributed by atoms with Crippen molar-refractivity contribution in [1.82, 2.24) is 0 Å². The summed E-state index contributed by atoms with van der Waals surface area (Å²) in [5.74, 6) is -2.65. The first-order valence-electron chi connectivity index (χ1n) is 3.84. The lowest BCUT2D eigenvalue weighted by molar-refractivity contribution is 0.0660. The summed E-state index contributed by atoms with van der Waals surface area (Å²) in [6, 6.07) is 3.94. The molecule has 15 heavy (non-hydrogen) atoms. The predicted molar refractivity (Wildman–Crippen MR) is 48.8 cm³/mol. The predicted octanol–water partition coefficient (Wildman–Crippen LogP) is 0.416. The van der Waals surface area contributed by atoms with Crippen LogP contribution in [0, 0.1) is 11.3 Å². The van der Waals surface area contributed by atoms with E-state index in [1.54, 1.807) is 0 Å². The molecule has 0 bridgehead atoms. The molecule has 1 N–H and O–H groups in total. The second kappa shape index (κ2) is 4.14. The summed E-state index contributed by atoms with van der Waals surface area (Å²) in [6.45, 7) is 0. The van der Waals surface area contributed by atoms with E-state index < -0.39 is 27.3 Å². The second-order valence-electron chi connectivity index (χ2n) is 2.76. The van der Waals surface area contributed by atoms with Crippen molar-refractivity contribution in [3.05, 3.63) is 23.7 Å². The van der Waals surface area contributed by atoms with Crippen LogP contribution < -0.4 is 0 Å². The Morgan fingerprint density at radius 3 is 2.67 bits per heavy atom. The van der Waals surface area contributed by atoms with Crippen LogP contribution in [0.5, 0.6) is 0 Å². The highest BCUT2D eigenvalue weighted by Gasteiger charge is 2.16. The second-order valence-corrected chi connectivity index (χ2v) is 4.83. The van der Waals surface area contributed by atoms with Crippen molar-refractivity contribution in [2.45, 2.75) is 5.75 Å². The first kappa shape index (κ1) is 11.3. The molecule has 0 unspecified atom stereocenters. The Balaban J connectivity index is 2.83. The van der Waals surface area contributed by atoms with Gasteiger partial charge in [0.2, 0.25) is 5.76 Å². The fourth-order valence-corrected chi connectivity index (χ4v) is 1.82. The van der Waals surface area contributed by atoms with E-state index in [1.807, 2.05) is 0 Å². The number of carbonyl (C=O) groups is 1. The standard InChI is InChI=1S/C8H7NO5S/c9-3-4-15(12,13)5-6-1-2-7(14-6)8(10)11/h1-2H,4-5H2,(H,10,11). The molecule has 80 valence electrons. The third-order valence-electron chi connectivity index (χ3n) is 1.52. The van der Waals surface area contributed by atoms with Crippen LogP contribution >= 0.6 is 0 Å². The Morgan fingerprint density at radius 1 is 1.53 bits per heavy atom. The van der Waals surface area contributed by atoms with Crippen LogP contribution in [0.2, 0.25) is 0 Å². The van der Waals surface area contributed by atoms with E-state index in [-0.39, 0.29) is 11.5 Å². The smallest absolute Gasteiger partial charge is 0.371 e. The van der Waals surface area contributed by atoms with Gasteiger partial charge in [-0.15, -0.1) is 0 Å². The molecule has 6 nitrogen and oxygen atoms in total. The molecule has 0 aliphatic carbocycles. The summed E-state index contributed by atoms with van der Waals surface area (Å²) in [4.78, 5) is 10.4. The van der Waals surface area contributed by atoms with Gasteiger partial charge < -0.3 is 9.52 Å². The molecule has 0 aliphatic heterocycles. The number of furan rings is 1. The van der Waals surface area contributed by atoms with E-state index in [0.29, 0.717) is 0 Å². The molecule has 1 rings (SSSR count). The number of carboxylic acid groups (broad SMARTS) is 1. The van der Waals surface area contributed by atoms with Crippen molar-refractivity contribution in [1.29, 1.82) is 5.26 Å². The molecule has 0 aromatic carbocycles. The van der Waals surface area contributed by atoms with Gasteiger partial charge in [0.1, 0.15) is 17.3 Å². The molecule has 1 heterocycles. The van der Waals surface area contributed by atoms with Gasteiger partial charge in [-0.2, -0.15) is 5.26 Å². The lowest BCUT2D eigenvalue weighted by Gasteiger charge is -1.95. The molecule has 0 atom stereocenters. The van der Waals surface area contributed by atoms with Crippen LogP contribution in [0.4, 0.5) is 0 Å². The van der Waals surface area contributed by atoms with E-state index >= 15 is 0 Å². The summed E-state index contributed by atoms with van der Waals surface area (Å²) >= 11 is 0. The zero-order chi connectivity index (χ0) is 11.5. The molecular weight excluding hydrogens is 222 g/mol. The number of carboxylic acids is 1. The number of rotatable bonds is 4. The Hall–Kier alpha value is -1.81. The molecule has 0 radical (unpaired) electrons. The largest absolute Gasteiger partial charge is 0.475 e. The normalized spacial score (nSPS) is 10.9. The van der Waals surface area contributed by atoms with Gasteiger partial charge in [0.05, 0.1) is 6.07 Å². The SMILES string of the molecule is N#CCS(=O)(=O)Cc1ccc(C(=O)O)o1. The number of hydrogen-bond donors (Lipinski definition) is 1. The van der Waals surface area contributed by atoms with Gasteiger partial charge in [0, 0.05) is 0 Å². The van der Waals surface area contributed by atoms with Gasteiger partial charge in [0.15, 0.2) is 9.84 Å².